The minimum absolute atomic E-state index is 0.0199. The molecule has 4 nitrogen and oxygen atoms in total. The maximum absolute atomic E-state index is 10.3. The first-order valence-electron chi connectivity index (χ1n) is 15.7. The van der Waals surface area contributed by atoms with Crippen LogP contribution < -0.4 is 5.22 Å². The average Bonchev–Trinajstić information content (AvgIpc) is 3.67. The van der Waals surface area contributed by atoms with Crippen molar-refractivity contribution in [2.45, 2.75) is 12.3 Å². The van der Waals surface area contributed by atoms with Crippen molar-refractivity contribution in [2.75, 3.05) is 0 Å². The quantitative estimate of drug-likeness (QED) is 0.199. The third-order valence-corrected chi connectivity index (χ3v) is 9.53. The second-order valence-corrected chi connectivity index (χ2v) is 12.0. The number of rotatable bonds is 4. The zero-order valence-electron chi connectivity index (χ0n) is 25.7. The fourth-order valence-electron chi connectivity index (χ4n) is 7.49. The maximum Gasteiger partial charge on any atom is 0.137 e. The lowest BCUT2D eigenvalue weighted by Crippen LogP contribution is -2.14. The molecule has 0 saturated heterocycles. The van der Waals surface area contributed by atoms with E-state index in [-0.39, 0.29) is 11.5 Å². The number of benzene rings is 5. The highest BCUT2D eigenvalue weighted by Gasteiger charge is 2.33. The fourth-order valence-corrected chi connectivity index (χ4v) is 7.49. The van der Waals surface area contributed by atoms with Crippen molar-refractivity contribution in [3.05, 3.63) is 149 Å². The van der Waals surface area contributed by atoms with Gasteiger partial charge in [0.05, 0.1) is 23.3 Å². The van der Waals surface area contributed by atoms with Crippen LogP contribution in [-0.2, 0) is 0 Å². The fraction of sp³-hybridized carbons (Fsp3) is 0.0455. The SMILES string of the molecule is N#CC(C#N)=c1c(-c2ccccc2)c2c3ccc(-c4ccc(C#N)cc4)c4c(-c5ccc(C#N)cc5)ccc(c-2c1C1C=CC=CC1)c34. The van der Waals surface area contributed by atoms with Gasteiger partial charge in [-0.15, -0.1) is 0 Å². The molecular formula is C44H24N4. The molecule has 0 aliphatic heterocycles. The highest BCUT2D eigenvalue weighted by molar-refractivity contribution is 6.32. The summed E-state index contributed by atoms with van der Waals surface area (Å²) in [6, 6.07) is 43.0. The first kappa shape index (κ1) is 28.5. The smallest absolute Gasteiger partial charge is 0.137 e. The molecular weight excluding hydrogens is 585 g/mol. The molecule has 0 amide bonds. The van der Waals surface area contributed by atoms with Gasteiger partial charge < -0.3 is 0 Å². The van der Waals surface area contributed by atoms with Crippen LogP contribution >= 0.6 is 0 Å². The summed E-state index contributed by atoms with van der Waals surface area (Å²) in [5.74, 6) is -0.0199. The lowest BCUT2D eigenvalue weighted by molar-refractivity contribution is 0.854. The number of nitriles is 4. The molecule has 48 heavy (non-hydrogen) atoms. The Morgan fingerprint density at radius 2 is 1.12 bits per heavy atom. The minimum atomic E-state index is -0.0199. The van der Waals surface area contributed by atoms with Gasteiger partial charge in [0.25, 0.3) is 0 Å². The third kappa shape index (κ3) is 4.26. The topological polar surface area (TPSA) is 95.2 Å². The van der Waals surface area contributed by atoms with Crippen LogP contribution in [0.1, 0.15) is 29.0 Å². The van der Waals surface area contributed by atoms with Gasteiger partial charge in [0, 0.05) is 11.1 Å². The summed E-state index contributed by atoms with van der Waals surface area (Å²) in [5.41, 5.74) is 10.3. The predicted molar refractivity (Wildman–Crippen MR) is 190 cm³/mol. The molecule has 5 aromatic carbocycles. The first-order valence-corrected chi connectivity index (χ1v) is 15.7. The van der Waals surface area contributed by atoms with E-state index in [0.29, 0.717) is 16.3 Å². The normalized spacial score (nSPS) is 13.7. The number of nitrogens with zero attached hydrogens (tertiary/aromatic N) is 4. The summed E-state index contributed by atoms with van der Waals surface area (Å²) in [4.78, 5) is 0. The Labute approximate surface area is 277 Å². The molecule has 0 saturated carbocycles. The van der Waals surface area contributed by atoms with E-state index in [1.807, 2.05) is 78.9 Å². The van der Waals surface area contributed by atoms with Gasteiger partial charge in [0.15, 0.2) is 0 Å². The second kappa shape index (κ2) is 11.4. The minimum Gasteiger partial charge on any atom is -0.192 e. The van der Waals surface area contributed by atoms with E-state index in [0.717, 1.165) is 78.0 Å². The van der Waals surface area contributed by atoms with Crippen LogP contribution in [0.15, 0.2) is 127 Å². The van der Waals surface area contributed by atoms with E-state index in [2.05, 4.69) is 72.8 Å². The highest BCUT2D eigenvalue weighted by atomic mass is 14.4. The molecule has 0 fully saturated rings. The van der Waals surface area contributed by atoms with E-state index < -0.39 is 0 Å². The number of hydrogen-bond acceptors (Lipinski definition) is 4. The van der Waals surface area contributed by atoms with E-state index >= 15 is 0 Å². The first-order chi connectivity index (χ1) is 23.7. The second-order valence-electron chi connectivity index (χ2n) is 12.0. The largest absolute Gasteiger partial charge is 0.192 e. The molecule has 0 radical (unpaired) electrons. The Bertz CT molecular complexity index is 2570. The van der Waals surface area contributed by atoms with Gasteiger partial charge in [0.2, 0.25) is 0 Å². The molecule has 0 N–H and O–H groups in total. The molecule has 0 aromatic heterocycles. The lowest BCUT2D eigenvalue weighted by atomic mass is 9.87. The molecule has 0 heterocycles. The van der Waals surface area contributed by atoms with E-state index in [4.69, 9.17) is 0 Å². The van der Waals surface area contributed by atoms with Crippen LogP contribution in [0.5, 0.6) is 0 Å². The number of fused-ring (bicyclic) bond motifs is 3. The Hall–Kier alpha value is -6.98. The molecule has 3 aliphatic rings. The Balaban J connectivity index is 1.60. The van der Waals surface area contributed by atoms with E-state index in [1.165, 1.54) is 0 Å². The maximum atomic E-state index is 10.3. The predicted octanol–water partition coefficient (Wildman–Crippen LogP) is 9.80. The molecule has 8 rings (SSSR count). The Kier molecular flexibility index (Phi) is 6.78. The molecule has 1 unspecified atom stereocenters. The molecule has 5 aromatic rings. The average molecular weight is 609 g/mol. The van der Waals surface area contributed by atoms with Crippen LogP contribution in [0, 0.1) is 45.3 Å². The van der Waals surface area contributed by atoms with Gasteiger partial charge in [-0.1, -0.05) is 103 Å². The van der Waals surface area contributed by atoms with Crippen LogP contribution in [-0.4, -0.2) is 0 Å². The third-order valence-electron chi connectivity index (χ3n) is 9.53. The standard InChI is InChI=1S/C44H24N4/c45-23-27-11-15-29(16-12-27)34-19-21-36-42-37(22-20-35(41(34)42)30-17-13-28(24-46)14-18-30)44-39(32-9-5-2-6-10-32)40(33(25-47)26-48)38(43(36)44)31-7-3-1-4-8-31/h1-9,11-22,32H,10H2. The molecule has 4 heteroatoms. The summed E-state index contributed by atoms with van der Waals surface area (Å²) >= 11 is 0. The monoisotopic (exact) mass is 608 g/mol. The molecule has 0 bridgehead atoms. The Morgan fingerprint density at radius 1 is 0.542 bits per heavy atom. The van der Waals surface area contributed by atoms with Crippen LogP contribution in [0.4, 0.5) is 0 Å². The lowest BCUT2D eigenvalue weighted by Gasteiger charge is -2.16. The van der Waals surface area contributed by atoms with Gasteiger partial charge in [-0.2, -0.15) is 21.0 Å². The summed E-state index contributed by atoms with van der Waals surface area (Å²) in [6.07, 6.45) is 9.17. The van der Waals surface area contributed by atoms with Crippen molar-refractivity contribution in [3.8, 4) is 68.8 Å². The number of hydrogen-bond donors (Lipinski definition) is 0. The van der Waals surface area contributed by atoms with Gasteiger partial charge >= 0.3 is 0 Å². The van der Waals surface area contributed by atoms with Crippen LogP contribution in [0.3, 0.4) is 0 Å². The van der Waals surface area contributed by atoms with Gasteiger partial charge in [-0.05, 0) is 102 Å². The number of allylic oxidation sites excluding steroid dienone is 4. The zero-order chi connectivity index (χ0) is 32.8. The molecule has 0 spiro atoms. The summed E-state index contributed by atoms with van der Waals surface area (Å²) in [5, 5.41) is 44.7. The van der Waals surface area contributed by atoms with Crippen LogP contribution in [0.2, 0.25) is 0 Å². The van der Waals surface area contributed by atoms with Crippen molar-refractivity contribution in [2.24, 2.45) is 0 Å². The van der Waals surface area contributed by atoms with Gasteiger partial charge in [0.1, 0.15) is 17.7 Å². The van der Waals surface area contributed by atoms with Crippen molar-refractivity contribution >= 4 is 27.1 Å². The molecule has 220 valence electrons. The van der Waals surface area contributed by atoms with E-state index in [1.54, 1.807) is 0 Å². The van der Waals surface area contributed by atoms with Crippen molar-refractivity contribution in [1.29, 1.82) is 21.0 Å². The van der Waals surface area contributed by atoms with Gasteiger partial charge in [-0.25, -0.2) is 0 Å². The molecule has 3 aliphatic carbocycles. The molecule has 1 atom stereocenters. The zero-order valence-corrected chi connectivity index (χ0v) is 25.7. The Morgan fingerprint density at radius 3 is 1.65 bits per heavy atom. The van der Waals surface area contributed by atoms with Crippen molar-refractivity contribution < 1.29 is 0 Å². The van der Waals surface area contributed by atoms with Crippen LogP contribution in [0.25, 0.3) is 71.6 Å². The highest BCUT2D eigenvalue weighted by Crippen LogP contribution is 2.54. The summed E-state index contributed by atoms with van der Waals surface area (Å²) < 4.78 is 0. The summed E-state index contributed by atoms with van der Waals surface area (Å²) in [6.45, 7) is 0. The van der Waals surface area contributed by atoms with E-state index in [9.17, 15) is 21.0 Å². The van der Waals surface area contributed by atoms with Crippen molar-refractivity contribution in [1.82, 2.24) is 0 Å². The summed E-state index contributed by atoms with van der Waals surface area (Å²) in [7, 11) is 0. The van der Waals surface area contributed by atoms with Crippen molar-refractivity contribution in [3.63, 3.8) is 0 Å². The van der Waals surface area contributed by atoms with Gasteiger partial charge in [-0.3, -0.25) is 0 Å².